The first-order chi connectivity index (χ1) is 7.20. The lowest BCUT2D eigenvalue weighted by molar-refractivity contribution is 0.0692. The van der Waals surface area contributed by atoms with E-state index in [9.17, 15) is 9.18 Å². The molecule has 0 spiro atoms. The van der Waals surface area contributed by atoms with Crippen molar-refractivity contribution >= 4 is 11.7 Å². The molecule has 2 rings (SSSR count). The van der Waals surface area contributed by atoms with E-state index in [2.05, 4.69) is 0 Å². The number of carboxylic acids is 1. The molecule has 0 unspecified atom stereocenters. The first-order valence-corrected chi connectivity index (χ1v) is 4.97. The molecule has 0 atom stereocenters. The number of anilines is 1. The molecule has 1 aliphatic heterocycles. The molecular weight excluding hydrogens is 197 g/mol. The minimum absolute atomic E-state index is 0.251. The Bertz CT molecular complexity index is 386. The van der Waals surface area contributed by atoms with Crippen molar-refractivity contribution in [2.75, 3.05) is 18.0 Å². The highest BCUT2D eigenvalue weighted by atomic mass is 19.1. The van der Waals surface area contributed by atoms with Gasteiger partial charge in [0.25, 0.3) is 0 Å². The number of carbonyl (C=O) groups is 1. The summed E-state index contributed by atoms with van der Waals surface area (Å²) in [6, 6.07) is 4.50. The number of benzene rings is 1. The van der Waals surface area contributed by atoms with Crippen LogP contribution in [0.1, 0.15) is 23.2 Å². The van der Waals surface area contributed by atoms with Crippen molar-refractivity contribution < 1.29 is 14.3 Å². The van der Waals surface area contributed by atoms with Gasteiger partial charge in [0.2, 0.25) is 0 Å². The zero-order valence-electron chi connectivity index (χ0n) is 8.24. The third kappa shape index (κ3) is 1.79. The summed E-state index contributed by atoms with van der Waals surface area (Å²) in [5.41, 5.74) is 0.159. The van der Waals surface area contributed by atoms with E-state index in [-0.39, 0.29) is 5.56 Å². The molecule has 1 N–H and O–H groups in total. The van der Waals surface area contributed by atoms with Gasteiger partial charge in [0.1, 0.15) is 0 Å². The number of aromatic carboxylic acids is 1. The van der Waals surface area contributed by atoms with Crippen LogP contribution in [0.15, 0.2) is 18.2 Å². The van der Waals surface area contributed by atoms with E-state index >= 15 is 0 Å². The number of hydrogen-bond acceptors (Lipinski definition) is 2. The van der Waals surface area contributed by atoms with Crippen LogP contribution < -0.4 is 4.90 Å². The molecule has 1 fully saturated rings. The minimum atomic E-state index is -1.21. The number of rotatable bonds is 2. The maximum absolute atomic E-state index is 13.8. The third-order valence-corrected chi connectivity index (χ3v) is 2.66. The molecule has 0 aromatic heterocycles. The zero-order chi connectivity index (χ0) is 10.8. The van der Waals surface area contributed by atoms with Crippen LogP contribution in [0.3, 0.4) is 0 Å². The molecule has 0 aliphatic carbocycles. The Morgan fingerprint density at radius 1 is 1.33 bits per heavy atom. The first-order valence-electron chi connectivity index (χ1n) is 4.97. The van der Waals surface area contributed by atoms with Crippen LogP contribution in [-0.4, -0.2) is 24.2 Å². The number of halogens is 1. The lowest BCUT2D eigenvalue weighted by Crippen LogP contribution is -2.20. The number of carboxylic acid groups (broad SMARTS) is 1. The van der Waals surface area contributed by atoms with Crippen LogP contribution >= 0.6 is 0 Å². The zero-order valence-corrected chi connectivity index (χ0v) is 8.24. The van der Waals surface area contributed by atoms with Gasteiger partial charge >= 0.3 is 5.97 Å². The van der Waals surface area contributed by atoms with E-state index < -0.39 is 11.8 Å². The fourth-order valence-electron chi connectivity index (χ4n) is 1.89. The summed E-state index contributed by atoms with van der Waals surface area (Å²) in [7, 11) is 0. The van der Waals surface area contributed by atoms with Gasteiger partial charge < -0.3 is 10.0 Å². The van der Waals surface area contributed by atoms with E-state index in [1.807, 2.05) is 4.90 Å². The molecule has 15 heavy (non-hydrogen) atoms. The summed E-state index contributed by atoms with van der Waals surface area (Å²) in [5, 5.41) is 8.77. The lowest BCUT2D eigenvalue weighted by Gasteiger charge is -2.18. The standard InChI is InChI=1S/C11H12FNO2/c12-10-8(11(14)15)4-3-5-9(10)13-6-1-2-7-13/h3-5H,1-2,6-7H2,(H,14,15). The maximum Gasteiger partial charge on any atom is 0.338 e. The van der Waals surface area contributed by atoms with Gasteiger partial charge in [0.05, 0.1) is 11.3 Å². The molecule has 0 amide bonds. The van der Waals surface area contributed by atoms with Gasteiger partial charge in [-0.2, -0.15) is 0 Å². The van der Waals surface area contributed by atoms with Crippen molar-refractivity contribution in [1.29, 1.82) is 0 Å². The normalized spacial score (nSPS) is 15.7. The van der Waals surface area contributed by atoms with Crippen molar-refractivity contribution in [1.82, 2.24) is 0 Å². The predicted octanol–water partition coefficient (Wildman–Crippen LogP) is 2.12. The van der Waals surface area contributed by atoms with Gasteiger partial charge in [-0.25, -0.2) is 9.18 Å². The molecule has 1 saturated heterocycles. The largest absolute Gasteiger partial charge is 0.478 e. The van der Waals surface area contributed by atoms with Crippen molar-refractivity contribution in [3.05, 3.63) is 29.6 Å². The van der Waals surface area contributed by atoms with Gasteiger partial charge in [-0.3, -0.25) is 0 Å². The van der Waals surface area contributed by atoms with Crippen LogP contribution in [0.4, 0.5) is 10.1 Å². The van der Waals surface area contributed by atoms with Crippen molar-refractivity contribution in [2.24, 2.45) is 0 Å². The van der Waals surface area contributed by atoms with Crippen LogP contribution in [0.2, 0.25) is 0 Å². The Kier molecular flexibility index (Phi) is 2.58. The van der Waals surface area contributed by atoms with Gasteiger partial charge in [0, 0.05) is 13.1 Å². The average Bonchev–Trinajstić information content (AvgIpc) is 2.70. The fraction of sp³-hybridized carbons (Fsp3) is 0.364. The first kappa shape index (κ1) is 9.96. The van der Waals surface area contributed by atoms with Crippen molar-refractivity contribution in [2.45, 2.75) is 12.8 Å². The topological polar surface area (TPSA) is 40.5 Å². The summed E-state index contributed by atoms with van der Waals surface area (Å²) in [4.78, 5) is 12.6. The van der Waals surface area contributed by atoms with Gasteiger partial charge in [-0.15, -0.1) is 0 Å². The van der Waals surface area contributed by atoms with Gasteiger partial charge in [-0.1, -0.05) is 6.07 Å². The van der Waals surface area contributed by atoms with E-state index in [0.717, 1.165) is 25.9 Å². The fourth-order valence-corrected chi connectivity index (χ4v) is 1.89. The van der Waals surface area contributed by atoms with E-state index in [0.29, 0.717) is 5.69 Å². The number of nitrogens with zero attached hydrogens (tertiary/aromatic N) is 1. The van der Waals surface area contributed by atoms with Crippen molar-refractivity contribution in [3.63, 3.8) is 0 Å². The second kappa shape index (κ2) is 3.88. The van der Waals surface area contributed by atoms with Crippen molar-refractivity contribution in [3.8, 4) is 0 Å². The Morgan fingerprint density at radius 3 is 2.60 bits per heavy atom. The molecule has 1 heterocycles. The SMILES string of the molecule is O=C(O)c1cccc(N2CCCC2)c1F. The Morgan fingerprint density at radius 2 is 2.00 bits per heavy atom. The molecule has 0 radical (unpaired) electrons. The smallest absolute Gasteiger partial charge is 0.338 e. The van der Waals surface area contributed by atoms with Crippen LogP contribution in [-0.2, 0) is 0 Å². The second-order valence-corrected chi connectivity index (χ2v) is 3.64. The van der Waals surface area contributed by atoms with E-state index in [1.54, 1.807) is 12.1 Å². The molecule has 1 aromatic rings. The molecule has 0 saturated carbocycles. The summed E-state index contributed by atoms with van der Waals surface area (Å²) in [6.45, 7) is 1.61. The second-order valence-electron chi connectivity index (χ2n) is 3.64. The summed E-state index contributed by atoms with van der Waals surface area (Å²) in [5.74, 6) is -1.83. The molecule has 0 bridgehead atoms. The Hall–Kier alpha value is -1.58. The molecular formula is C11H12FNO2. The summed E-state index contributed by atoms with van der Waals surface area (Å²) in [6.07, 6.45) is 2.08. The average molecular weight is 209 g/mol. The van der Waals surface area contributed by atoms with E-state index in [1.165, 1.54) is 6.07 Å². The maximum atomic E-state index is 13.8. The molecule has 4 heteroatoms. The molecule has 80 valence electrons. The van der Waals surface area contributed by atoms with Crippen LogP contribution in [0.25, 0.3) is 0 Å². The quantitative estimate of drug-likeness (QED) is 0.811. The highest BCUT2D eigenvalue weighted by Gasteiger charge is 2.20. The third-order valence-electron chi connectivity index (χ3n) is 2.66. The van der Waals surface area contributed by atoms with Crippen LogP contribution in [0.5, 0.6) is 0 Å². The van der Waals surface area contributed by atoms with Gasteiger partial charge in [-0.05, 0) is 25.0 Å². The highest BCUT2D eigenvalue weighted by molar-refractivity contribution is 5.89. The van der Waals surface area contributed by atoms with E-state index in [4.69, 9.17) is 5.11 Å². The van der Waals surface area contributed by atoms with Crippen LogP contribution in [0, 0.1) is 5.82 Å². The predicted molar refractivity (Wildman–Crippen MR) is 54.8 cm³/mol. The monoisotopic (exact) mass is 209 g/mol. The highest BCUT2D eigenvalue weighted by Crippen LogP contribution is 2.25. The summed E-state index contributed by atoms with van der Waals surface area (Å²) >= 11 is 0. The molecule has 1 aromatic carbocycles. The summed E-state index contributed by atoms with van der Waals surface area (Å²) < 4.78 is 13.8. The number of hydrogen-bond donors (Lipinski definition) is 1. The Labute approximate surface area is 87.1 Å². The Balaban J connectivity index is 2.39. The molecule has 3 nitrogen and oxygen atoms in total. The molecule has 1 aliphatic rings. The minimum Gasteiger partial charge on any atom is -0.478 e. The lowest BCUT2D eigenvalue weighted by atomic mass is 10.1. The van der Waals surface area contributed by atoms with Gasteiger partial charge in [0.15, 0.2) is 5.82 Å².